The van der Waals surface area contributed by atoms with Crippen molar-refractivity contribution in [1.29, 1.82) is 0 Å². The second-order valence-electron chi connectivity index (χ2n) is 5.86. The van der Waals surface area contributed by atoms with Gasteiger partial charge in [0.05, 0.1) is 5.56 Å². The van der Waals surface area contributed by atoms with Crippen LogP contribution in [-0.2, 0) is 10.9 Å². The molecular weight excluding hydrogens is 314 g/mol. The van der Waals surface area contributed by atoms with Gasteiger partial charge in [0.1, 0.15) is 11.4 Å². The summed E-state index contributed by atoms with van der Waals surface area (Å²) in [6.07, 6.45) is -1.87. The first-order valence-electron chi connectivity index (χ1n) is 6.99. The van der Waals surface area contributed by atoms with Gasteiger partial charge in [-0.15, -0.1) is 0 Å². The molecule has 1 rings (SSSR count). The molecule has 0 atom stereocenters. The predicted molar refractivity (Wildman–Crippen MR) is 79.3 cm³/mol. The van der Waals surface area contributed by atoms with Crippen LogP contribution in [0.4, 0.5) is 22.4 Å². The summed E-state index contributed by atoms with van der Waals surface area (Å²) >= 11 is 0. The molecule has 0 radical (unpaired) electrons. The van der Waals surface area contributed by atoms with Crippen molar-refractivity contribution in [1.82, 2.24) is 5.32 Å². The number of amides is 1. The summed E-state index contributed by atoms with van der Waals surface area (Å²) in [4.78, 5) is 11.4. The van der Waals surface area contributed by atoms with E-state index in [0.29, 0.717) is 6.42 Å². The lowest BCUT2D eigenvalue weighted by Crippen LogP contribution is -2.32. The summed E-state index contributed by atoms with van der Waals surface area (Å²) in [5.41, 5.74) is -1.66. The van der Waals surface area contributed by atoms with Gasteiger partial charge < -0.3 is 10.1 Å². The third-order valence-corrected chi connectivity index (χ3v) is 2.59. The van der Waals surface area contributed by atoms with E-state index < -0.39 is 29.3 Å². The molecule has 0 heterocycles. The standard InChI is InChI=1S/C16H19F4NO2/c1-15(2,3)23-14(22)21-9-5-4-6-11-7-8-13(17)12(10-11)16(18,19)20/h4,6-8,10H,5,9H2,1-3H3,(H,21,22). The van der Waals surface area contributed by atoms with Gasteiger partial charge >= 0.3 is 12.3 Å². The van der Waals surface area contributed by atoms with Gasteiger partial charge in [-0.2, -0.15) is 13.2 Å². The van der Waals surface area contributed by atoms with E-state index in [1.54, 1.807) is 26.8 Å². The van der Waals surface area contributed by atoms with Crippen LogP contribution in [0.1, 0.15) is 38.3 Å². The van der Waals surface area contributed by atoms with E-state index in [1.807, 2.05) is 0 Å². The predicted octanol–water partition coefficient (Wildman–Crippen LogP) is 4.77. The number of carbonyl (C=O) groups is 1. The summed E-state index contributed by atoms with van der Waals surface area (Å²) in [5.74, 6) is -1.30. The van der Waals surface area contributed by atoms with Crippen LogP contribution >= 0.6 is 0 Å². The highest BCUT2D eigenvalue weighted by atomic mass is 19.4. The Hall–Kier alpha value is -2.05. The fraction of sp³-hybridized carbons (Fsp3) is 0.438. The molecule has 0 bridgehead atoms. The van der Waals surface area contributed by atoms with Gasteiger partial charge in [-0.3, -0.25) is 0 Å². The lowest BCUT2D eigenvalue weighted by Gasteiger charge is -2.19. The van der Waals surface area contributed by atoms with Gasteiger partial charge in [0.15, 0.2) is 0 Å². The molecule has 0 aliphatic carbocycles. The summed E-state index contributed by atoms with van der Waals surface area (Å²) < 4.78 is 55.9. The average Bonchev–Trinajstić information content (AvgIpc) is 2.36. The van der Waals surface area contributed by atoms with Crippen LogP contribution in [0.25, 0.3) is 6.08 Å². The first-order valence-corrected chi connectivity index (χ1v) is 6.99. The normalized spacial score (nSPS) is 12.5. The van der Waals surface area contributed by atoms with E-state index in [1.165, 1.54) is 12.1 Å². The Morgan fingerprint density at radius 1 is 1.26 bits per heavy atom. The molecule has 1 N–H and O–H groups in total. The van der Waals surface area contributed by atoms with Crippen molar-refractivity contribution in [2.45, 2.75) is 39.0 Å². The third kappa shape index (κ3) is 7.17. The molecule has 0 aliphatic rings. The Labute approximate surface area is 132 Å². The largest absolute Gasteiger partial charge is 0.444 e. The summed E-state index contributed by atoms with van der Waals surface area (Å²) in [6, 6.07) is 2.77. The number of halogens is 4. The van der Waals surface area contributed by atoms with Crippen molar-refractivity contribution < 1.29 is 27.1 Å². The molecular formula is C16H19F4NO2. The van der Waals surface area contributed by atoms with Crippen molar-refractivity contribution in [3.8, 4) is 0 Å². The summed E-state index contributed by atoms with van der Waals surface area (Å²) in [7, 11) is 0. The maximum atomic E-state index is 13.1. The SMILES string of the molecule is CC(C)(C)OC(=O)NCCC=Cc1ccc(F)c(C(F)(F)F)c1. The van der Waals surface area contributed by atoms with Crippen LogP contribution < -0.4 is 5.32 Å². The number of hydrogen-bond donors (Lipinski definition) is 1. The Morgan fingerprint density at radius 3 is 2.48 bits per heavy atom. The van der Waals surface area contributed by atoms with E-state index in [2.05, 4.69) is 5.32 Å². The second kappa shape index (κ2) is 7.48. The fourth-order valence-corrected chi connectivity index (χ4v) is 1.65. The Balaban J connectivity index is 2.52. The zero-order chi connectivity index (χ0) is 17.7. The molecule has 0 fully saturated rings. The number of nitrogens with one attached hydrogen (secondary N) is 1. The number of alkyl carbamates (subject to hydrolysis) is 1. The van der Waals surface area contributed by atoms with Crippen LogP contribution in [0.5, 0.6) is 0 Å². The maximum Gasteiger partial charge on any atom is 0.419 e. The molecule has 128 valence electrons. The highest BCUT2D eigenvalue weighted by Gasteiger charge is 2.33. The van der Waals surface area contributed by atoms with Crippen LogP contribution in [0.3, 0.4) is 0 Å². The molecule has 23 heavy (non-hydrogen) atoms. The van der Waals surface area contributed by atoms with E-state index in [0.717, 1.165) is 12.1 Å². The van der Waals surface area contributed by atoms with Crippen LogP contribution in [0.15, 0.2) is 24.3 Å². The van der Waals surface area contributed by atoms with Crippen molar-refractivity contribution in [2.24, 2.45) is 0 Å². The molecule has 0 aromatic heterocycles. The molecule has 3 nitrogen and oxygen atoms in total. The summed E-state index contributed by atoms with van der Waals surface area (Å²) in [5, 5.41) is 2.52. The Kier molecular flexibility index (Phi) is 6.18. The fourth-order valence-electron chi connectivity index (χ4n) is 1.65. The van der Waals surface area contributed by atoms with Crippen molar-refractivity contribution in [2.75, 3.05) is 6.54 Å². The van der Waals surface area contributed by atoms with Crippen molar-refractivity contribution in [3.63, 3.8) is 0 Å². The monoisotopic (exact) mass is 333 g/mol. The van der Waals surface area contributed by atoms with Crippen LogP contribution in [0.2, 0.25) is 0 Å². The highest BCUT2D eigenvalue weighted by molar-refractivity contribution is 5.67. The quantitative estimate of drug-likeness (QED) is 0.636. The van der Waals surface area contributed by atoms with E-state index in [-0.39, 0.29) is 12.1 Å². The molecule has 7 heteroatoms. The minimum absolute atomic E-state index is 0.232. The van der Waals surface area contributed by atoms with Gasteiger partial charge in [0.2, 0.25) is 0 Å². The lowest BCUT2D eigenvalue weighted by atomic mass is 10.1. The van der Waals surface area contributed by atoms with Gasteiger partial charge in [-0.1, -0.05) is 18.2 Å². The van der Waals surface area contributed by atoms with Gasteiger partial charge in [-0.05, 0) is 44.9 Å². The maximum absolute atomic E-state index is 13.1. The van der Waals surface area contributed by atoms with Gasteiger partial charge in [0.25, 0.3) is 0 Å². The number of rotatable bonds is 4. The molecule has 0 unspecified atom stereocenters. The molecule has 0 saturated heterocycles. The molecule has 1 aromatic carbocycles. The number of alkyl halides is 3. The Bertz CT molecular complexity index is 574. The topological polar surface area (TPSA) is 38.3 Å². The second-order valence-corrected chi connectivity index (χ2v) is 5.86. The first-order chi connectivity index (χ1) is 10.5. The number of ether oxygens (including phenoxy) is 1. The van der Waals surface area contributed by atoms with Gasteiger partial charge in [0, 0.05) is 6.54 Å². The number of hydrogen-bond acceptors (Lipinski definition) is 2. The average molecular weight is 333 g/mol. The molecule has 0 saturated carbocycles. The van der Waals surface area contributed by atoms with E-state index >= 15 is 0 Å². The third-order valence-electron chi connectivity index (χ3n) is 2.59. The molecule has 1 amide bonds. The van der Waals surface area contributed by atoms with Crippen LogP contribution in [0, 0.1) is 5.82 Å². The zero-order valence-corrected chi connectivity index (χ0v) is 13.1. The zero-order valence-electron chi connectivity index (χ0n) is 13.1. The van der Waals surface area contributed by atoms with E-state index in [9.17, 15) is 22.4 Å². The summed E-state index contributed by atoms with van der Waals surface area (Å²) in [6.45, 7) is 5.48. The highest BCUT2D eigenvalue weighted by Crippen LogP contribution is 2.32. The van der Waals surface area contributed by atoms with Crippen molar-refractivity contribution in [3.05, 3.63) is 41.2 Å². The van der Waals surface area contributed by atoms with Crippen molar-refractivity contribution >= 4 is 12.2 Å². The van der Waals surface area contributed by atoms with Crippen LogP contribution in [-0.4, -0.2) is 18.2 Å². The number of carbonyl (C=O) groups excluding carboxylic acids is 1. The molecule has 1 aromatic rings. The Morgan fingerprint density at radius 2 is 1.91 bits per heavy atom. The molecule has 0 spiro atoms. The lowest BCUT2D eigenvalue weighted by molar-refractivity contribution is -0.140. The van der Waals surface area contributed by atoms with Gasteiger partial charge in [-0.25, -0.2) is 9.18 Å². The van der Waals surface area contributed by atoms with E-state index in [4.69, 9.17) is 4.74 Å². The smallest absolute Gasteiger partial charge is 0.419 e. The minimum Gasteiger partial charge on any atom is -0.444 e. The molecule has 0 aliphatic heterocycles. The number of benzene rings is 1. The minimum atomic E-state index is -4.73. The first kappa shape index (κ1) is 19.0.